The third-order valence-electron chi connectivity index (χ3n) is 7.26. The lowest BCUT2D eigenvalue weighted by Crippen LogP contribution is -2.58. The highest BCUT2D eigenvalue weighted by Gasteiger charge is 2.38. The molecular weight excluding hydrogens is 415 g/mol. The highest BCUT2D eigenvalue weighted by atomic mass is 16.5. The van der Waals surface area contributed by atoms with Crippen molar-refractivity contribution in [3.05, 3.63) is 109 Å². The Kier molecular flexibility index (Phi) is 3.48. The molecule has 158 valence electrons. The lowest BCUT2D eigenvalue weighted by atomic mass is 9.34. The normalized spacial score (nSPS) is 13.1. The van der Waals surface area contributed by atoms with Crippen molar-refractivity contribution in [3.63, 3.8) is 0 Å². The summed E-state index contributed by atoms with van der Waals surface area (Å²) in [4.78, 5) is 0. The van der Waals surface area contributed by atoms with Crippen LogP contribution in [0.4, 0.5) is 11.4 Å². The Morgan fingerprint density at radius 3 is 2.12 bits per heavy atom. The van der Waals surface area contributed by atoms with Crippen molar-refractivity contribution in [2.24, 2.45) is 0 Å². The minimum Gasteiger partial charge on any atom is -0.458 e. The van der Waals surface area contributed by atoms with Crippen LogP contribution in [0.3, 0.4) is 0 Å². The van der Waals surface area contributed by atoms with E-state index in [1.165, 1.54) is 38.2 Å². The summed E-state index contributed by atoms with van der Waals surface area (Å²) in [6.45, 7) is 0.125. The third-order valence-corrected chi connectivity index (χ3v) is 7.26. The van der Waals surface area contributed by atoms with Crippen LogP contribution in [0.2, 0.25) is 0 Å². The molecule has 0 saturated heterocycles. The molecule has 0 amide bonds. The minimum atomic E-state index is 0.125. The van der Waals surface area contributed by atoms with Crippen LogP contribution in [0.15, 0.2) is 109 Å². The number of anilines is 2. The molecule has 34 heavy (non-hydrogen) atoms. The molecule has 2 aliphatic heterocycles. The van der Waals surface area contributed by atoms with Crippen LogP contribution in [0.5, 0.6) is 11.5 Å². The summed E-state index contributed by atoms with van der Waals surface area (Å²) >= 11 is 0. The van der Waals surface area contributed by atoms with Gasteiger partial charge in [0.15, 0.2) is 0 Å². The number of rotatable bonds is 1. The maximum absolute atomic E-state index is 6.44. The maximum atomic E-state index is 6.44. The van der Waals surface area contributed by atoms with E-state index < -0.39 is 0 Å². The van der Waals surface area contributed by atoms with Crippen molar-refractivity contribution in [2.75, 3.05) is 5.32 Å². The van der Waals surface area contributed by atoms with Gasteiger partial charge in [-0.2, -0.15) is 0 Å². The highest BCUT2D eigenvalue weighted by Crippen LogP contribution is 2.35. The number of benzene rings is 5. The summed E-state index contributed by atoms with van der Waals surface area (Å²) in [5.74, 6) is 1.86. The van der Waals surface area contributed by atoms with Crippen LogP contribution in [-0.4, -0.2) is 11.3 Å². The van der Waals surface area contributed by atoms with Crippen LogP contribution < -0.4 is 26.4 Å². The summed E-state index contributed by atoms with van der Waals surface area (Å²) in [5, 5.41) is 6.16. The molecule has 4 heteroatoms. The van der Waals surface area contributed by atoms with E-state index in [9.17, 15) is 0 Å². The maximum Gasteiger partial charge on any atom is 0.256 e. The van der Waals surface area contributed by atoms with E-state index in [1.807, 2.05) is 0 Å². The van der Waals surface area contributed by atoms with E-state index in [1.54, 1.807) is 0 Å². The number of ether oxygens (including phenoxy) is 1. The first kappa shape index (κ1) is 18.0. The quantitative estimate of drug-likeness (QED) is 0.347. The molecule has 3 heterocycles. The fraction of sp³-hybridized carbons (Fsp3) is 0. The average Bonchev–Trinajstić information content (AvgIpc) is 3.23. The average molecular weight is 434 g/mol. The second kappa shape index (κ2) is 6.55. The number of hydrogen-bond donors (Lipinski definition) is 1. The minimum absolute atomic E-state index is 0.125. The zero-order valence-corrected chi connectivity index (χ0v) is 18.3. The Labute approximate surface area is 197 Å². The van der Waals surface area contributed by atoms with Gasteiger partial charge in [-0.1, -0.05) is 60.7 Å². The molecule has 0 aliphatic carbocycles. The second-order valence-corrected chi connectivity index (χ2v) is 9.06. The number of hydrogen-bond acceptors (Lipinski definition) is 2. The first-order valence-electron chi connectivity index (χ1n) is 11.7. The van der Waals surface area contributed by atoms with Gasteiger partial charge in [0, 0.05) is 27.8 Å². The van der Waals surface area contributed by atoms with Crippen molar-refractivity contribution in [2.45, 2.75) is 0 Å². The Morgan fingerprint density at radius 2 is 1.29 bits per heavy atom. The van der Waals surface area contributed by atoms with Crippen LogP contribution in [0.25, 0.3) is 27.5 Å². The predicted molar refractivity (Wildman–Crippen MR) is 142 cm³/mol. The van der Waals surface area contributed by atoms with Gasteiger partial charge in [0.2, 0.25) is 0 Å². The van der Waals surface area contributed by atoms with Crippen molar-refractivity contribution in [1.29, 1.82) is 0 Å². The largest absolute Gasteiger partial charge is 0.458 e. The molecule has 2 aliphatic rings. The van der Waals surface area contributed by atoms with Gasteiger partial charge >= 0.3 is 0 Å². The van der Waals surface area contributed by atoms with Crippen LogP contribution >= 0.6 is 0 Å². The summed E-state index contributed by atoms with van der Waals surface area (Å²) in [6.07, 6.45) is 0. The van der Waals surface area contributed by atoms with Crippen molar-refractivity contribution in [3.8, 4) is 17.2 Å². The highest BCUT2D eigenvalue weighted by molar-refractivity contribution is 6.99. The number of fused-ring (bicyclic) bond motifs is 7. The van der Waals surface area contributed by atoms with Gasteiger partial charge in [-0.25, -0.2) is 0 Å². The monoisotopic (exact) mass is 434 g/mol. The molecule has 6 aromatic rings. The fourth-order valence-electron chi connectivity index (χ4n) is 5.84. The lowest BCUT2D eigenvalue weighted by molar-refractivity contribution is 0.487. The number of para-hydroxylation sites is 3. The van der Waals surface area contributed by atoms with Crippen molar-refractivity contribution in [1.82, 2.24) is 4.57 Å². The number of nitrogens with zero attached hydrogens (tertiary/aromatic N) is 1. The fourth-order valence-corrected chi connectivity index (χ4v) is 5.84. The first-order valence-corrected chi connectivity index (χ1v) is 11.7. The molecule has 0 atom stereocenters. The van der Waals surface area contributed by atoms with Gasteiger partial charge in [0.1, 0.15) is 11.5 Å². The van der Waals surface area contributed by atoms with E-state index in [4.69, 9.17) is 4.74 Å². The summed E-state index contributed by atoms with van der Waals surface area (Å²) in [6, 6.07) is 38.8. The molecule has 8 rings (SSSR count). The van der Waals surface area contributed by atoms with E-state index in [0.717, 1.165) is 28.6 Å². The Balaban J connectivity index is 1.42. The van der Waals surface area contributed by atoms with Crippen LogP contribution in [0.1, 0.15) is 0 Å². The molecule has 3 nitrogen and oxygen atoms in total. The number of aromatic nitrogens is 1. The predicted octanol–water partition coefficient (Wildman–Crippen LogP) is 5.46. The van der Waals surface area contributed by atoms with Crippen molar-refractivity contribution < 1.29 is 4.74 Å². The number of nitrogens with one attached hydrogen (secondary N) is 1. The SMILES string of the molecule is c1ccc2c(c1)Nc1cccc3c1B2c1cc(-n2c4ccccc4c4ccccc42)ccc1O3. The summed E-state index contributed by atoms with van der Waals surface area (Å²) < 4.78 is 8.81. The van der Waals surface area contributed by atoms with E-state index in [-0.39, 0.29) is 6.71 Å². The Hall–Kier alpha value is -4.44. The van der Waals surface area contributed by atoms with Gasteiger partial charge < -0.3 is 14.6 Å². The van der Waals surface area contributed by atoms with E-state index in [0.29, 0.717) is 0 Å². The summed E-state index contributed by atoms with van der Waals surface area (Å²) in [5.41, 5.74) is 9.56. The van der Waals surface area contributed by atoms with Crippen LogP contribution in [-0.2, 0) is 0 Å². The smallest absolute Gasteiger partial charge is 0.256 e. The van der Waals surface area contributed by atoms with Gasteiger partial charge in [0.25, 0.3) is 6.71 Å². The van der Waals surface area contributed by atoms with Crippen LogP contribution in [0, 0.1) is 0 Å². The van der Waals surface area contributed by atoms with Crippen molar-refractivity contribution >= 4 is 56.3 Å². The first-order chi connectivity index (χ1) is 16.9. The molecule has 1 N–H and O–H groups in total. The molecule has 5 aromatic carbocycles. The Morgan fingerprint density at radius 1 is 0.588 bits per heavy atom. The molecule has 0 bridgehead atoms. The standard InChI is InChI=1S/C30H19BN2O/c1-5-13-26-20(8-1)21-9-2-6-14-27(21)33(26)19-16-17-28-23(18-19)31-22-10-3-4-11-24(22)32-25-12-7-15-29(34-28)30(25)31/h1-18,32H. The lowest BCUT2D eigenvalue weighted by Gasteiger charge is -2.34. The topological polar surface area (TPSA) is 26.2 Å². The van der Waals surface area contributed by atoms with Gasteiger partial charge in [0.05, 0.1) is 11.0 Å². The molecule has 0 saturated carbocycles. The Bertz CT molecular complexity index is 1720. The zero-order valence-electron chi connectivity index (χ0n) is 18.3. The molecule has 0 unspecified atom stereocenters. The molecule has 0 spiro atoms. The van der Waals surface area contributed by atoms with E-state index in [2.05, 4.69) is 119 Å². The second-order valence-electron chi connectivity index (χ2n) is 9.06. The molecule has 1 aromatic heterocycles. The van der Waals surface area contributed by atoms with E-state index >= 15 is 0 Å². The zero-order chi connectivity index (χ0) is 22.2. The molecule has 0 fully saturated rings. The molecular formula is C30H19BN2O. The van der Waals surface area contributed by atoms with Gasteiger partial charge in [-0.05, 0) is 64.9 Å². The molecule has 0 radical (unpaired) electrons. The third kappa shape index (κ3) is 2.32. The van der Waals surface area contributed by atoms with Gasteiger partial charge in [-0.15, -0.1) is 0 Å². The summed E-state index contributed by atoms with van der Waals surface area (Å²) in [7, 11) is 0. The van der Waals surface area contributed by atoms with Gasteiger partial charge in [-0.3, -0.25) is 0 Å².